The highest BCUT2D eigenvalue weighted by Crippen LogP contribution is 2.30. The van der Waals surface area contributed by atoms with E-state index in [9.17, 15) is 24.6 Å². The van der Waals surface area contributed by atoms with Crippen molar-refractivity contribution in [3.05, 3.63) is 34.9 Å². The van der Waals surface area contributed by atoms with Gasteiger partial charge in [0.05, 0.1) is 13.2 Å². The number of hydrogen-bond acceptors (Lipinski definition) is 7. The van der Waals surface area contributed by atoms with Crippen molar-refractivity contribution in [1.82, 2.24) is 0 Å². The fraction of sp³-hybridized carbons (Fsp3) is 0.550. The van der Waals surface area contributed by atoms with E-state index in [-0.39, 0.29) is 17.1 Å². The number of allylic oxidation sites excluding steroid dienone is 1. The van der Waals surface area contributed by atoms with Gasteiger partial charge in [-0.3, -0.25) is 4.79 Å². The van der Waals surface area contributed by atoms with Crippen LogP contribution < -0.4 is 0 Å². The van der Waals surface area contributed by atoms with Gasteiger partial charge in [0.2, 0.25) is 0 Å². The van der Waals surface area contributed by atoms with Gasteiger partial charge in [0, 0.05) is 17.1 Å². The topological polar surface area (TPSA) is 110 Å². The zero-order valence-corrected chi connectivity index (χ0v) is 16.4. The van der Waals surface area contributed by atoms with Crippen LogP contribution in [0.3, 0.4) is 0 Å². The lowest BCUT2D eigenvalue weighted by atomic mass is 9.79. The van der Waals surface area contributed by atoms with Crippen LogP contribution in [0.5, 0.6) is 0 Å². The van der Waals surface area contributed by atoms with Crippen molar-refractivity contribution in [3.8, 4) is 0 Å². The average molecular weight is 380 g/mol. The Bertz CT molecular complexity index is 664. The van der Waals surface area contributed by atoms with E-state index in [1.54, 1.807) is 19.9 Å². The Morgan fingerprint density at radius 3 is 2.22 bits per heavy atom. The van der Waals surface area contributed by atoms with Crippen LogP contribution in [0.1, 0.15) is 34.6 Å². The number of carbonyl (C=O) groups is 3. The first-order valence-electron chi connectivity index (χ1n) is 8.85. The fourth-order valence-electron chi connectivity index (χ4n) is 2.73. The molecule has 0 aliphatic heterocycles. The Labute approximate surface area is 159 Å². The van der Waals surface area contributed by atoms with Gasteiger partial charge in [0.25, 0.3) is 0 Å². The molecule has 0 saturated heterocycles. The van der Waals surface area contributed by atoms with Crippen molar-refractivity contribution in [2.75, 3.05) is 13.2 Å². The lowest BCUT2D eigenvalue weighted by molar-refractivity contribution is -0.163. The highest BCUT2D eigenvalue weighted by atomic mass is 16.6. The summed E-state index contributed by atoms with van der Waals surface area (Å²) in [5.41, 5.74) is 0.598. The van der Waals surface area contributed by atoms with Crippen molar-refractivity contribution < 1.29 is 34.1 Å². The summed E-state index contributed by atoms with van der Waals surface area (Å²) in [5, 5.41) is 18.4. The third kappa shape index (κ3) is 5.61. The van der Waals surface area contributed by atoms with Crippen LogP contribution in [0.25, 0.3) is 0 Å². The van der Waals surface area contributed by atoms with Gasteiger partial charge in [-0.15, -0.1) is 0 Å². The number of esters is 2. The number of hydrogen-bond donors (Lipinski definition) is 2. The van der Waals surface area contributed by atoms with E-state index in [2.05, 4.69) is 0 Å². The third-order valence-electron chi connectivity index (χ3n) is 4.68. The summed E-state index contributed by atoms with van der Waals surface area (Å²) >= 11 is 0. The Morgan fingerprint density at radius 1 is 1.15 bits per heavy atom. The molecule has 2 N–H and O–H groups in total. The normalized spacial score (nSPS) is 22.6. The second-order valence-corrected chi connectivity index (χ2v) is 6.80. The first kappa shape index (κ1) is 22.8. The molecule has 0 aromatic carbocycles. The van der Waals surface area contributed by atoms with Gasteiger partial charge in [0.15, 0.2) is 11.9 Å². The number of aliphatic hydroxyl groups is 2. The molecule has 7 heteroatoms. The van der Waals surface area contributed by atoms with Crippen LogP contribution >= 0.6 is 0 Å². The van der Waals surface area contributed by atoms with Gasteiger partial charge >= 0.3 is 11.9 Å². The summed E-state index contributed by atoms with van der Waals surface area (Å²) < 4.78 is 10.9. The van der Waals surface area contributed by atoms with Gasteiger partial charge in [-0.1, -0.05) is 19.9 Å². The second kappa shape index (κ2) is 10.2. The predicted molar refractivity (Wildman–Crippen MR) is 98.5 cm³/mol. The Balaban J connectivity index is 3.12. The molecule has 1 aliphatic rings. The molecule has 0 aromatic rings. The van der Waals surface area contributed by atoms with E-state index in [1.807, 2.05) is 13.8 Å². The Kier molecular flexibility index (Phi) is 8.59. The van der Waals surface area contributed by atoms with Crippen LogP contribution in [-0.4, -0.2) is 53.4 Å². The summed E-state index contributed by atoms with van der Waals surface area (Å²) in [5.74, 6) is -2.39. The molecule has 0 heterocycles. The van der Waals surface area contributed by atoms with Gasteiger partial charge < -0.3 is 19.7 Å². The van der Waals surface area contributed by atoms with Crippen molar-refractivity contribution in [2.45, 2.75) is 46.8 Å². The van der Waals surface area contributed by atoms with E-state index in [1.165, 1.54) is 19.1 Å². The minimum absolute atomic E-state index is 0.0446. The number of aliphatic hydroxyl groups excluding tert-OH is 2. The quantitative estimate of drug-likeness (QED) is 0.508. The molecule has 0 bridgehead atoms. The maximum absolute atomic E-state index is 12.4. The minimum atomic E-state index is -1.13. The summed E-state index contributed by atoms with van der Waals surface area (Å²) in [6, 6.07) is 0. The minimum Gasteiger partial charge on any atom is -0.454 e. The van der Waals surface area contributed by atoms with E-state index in [4.69, 9.17) is 9.47 Å². The maximum Gasteiger partial charge on any atom is 0.334 e. The molecule has 0 fully saturated rings. The highest BCUT2D eigenvalue weighted by molar-refractivity contribution is 5.98. The van der Waals surface area contributed by atoms with Crippen molar-refractivity contribution in [1.29, 1.82) is 0 Å². The van der Waals surface area contributed by atoms with Crippen LogP contribution in [-0.2, 0) is 23.9 Å². The molecule has 150 valence electrons. The van der Waals surface area contributed by atoms with Crippen LogP contribution in [0.4, 0.5) is 0 Å². The molecular formula is C20H28O7. The summed E-state index contributed by atoms with van der Waals surface area (Å²) in [6.07, 6.45) is 2.54. The van der Waals surface area contributed by atoms with Crippen molar-refractivity contribution >= 4 is 17.7 Å². The fourth-order valence-corrected chi connectivity index (χ4v) is 2.73. The molecular weight excluding hydrogens is 352 g/mol. The Hall–Kier alpha value is -2.25. The first-order valence-corrected chi connectivity index (χ1v) is 8.85. The molecule has 0 spiro atoms. The molecule has 27 heavy (non-hydrogen) atoms. The summed E-state index contributed by atoms with van der Waals surface area (Å²) in [4.78, 5) is 36.9. The summed E-state index contributed by atoms with van der Waals surface area (Å²) in [7, 11) is 0. The molecule has 3 unspecified atom stereocenters. The number of carbonyl (C=O) groups excluding carboxylic acids is 3. The first-order chi connectivity index (χ1) is 12.7. The smallest absolute Gasteiger partial charge is 0.334 e. The summed E-state index contributed by atoms with van der Waals surface area (Å²) in [6.45, 7) is 7.45. The molecule has 7 nitrogen and oxygen atoms in total. The van der Waals surface area contributed by atoms with Crippen LogP contribution in [0.2, 0.25) is 0 Å². The van der Waals surface area contributed by atoms with Gasteiger partial charge in [-0.2, -0.15) is 0 Å². The van der Waals surface area contributed by atoms with Gasteiger partial charge in [0.1, 0.15) is 6.10 Å². The van der Waals surface area contributed by atoms with E-state index in [0.29, 0.717) is 5.57 Å². The predicted octanol–water partition coefficient (Wildman–Crippen LogP) is 1.49. The molecule has 1 rings (SSSR count). The largest absolute Gasteiger partial charge is 0.454 e. The lowest BCUT2D eigenvalue weighted by Gasteiger charge is -2.35. The standard InChI is InChI=1S/C20H28O7/c1-6-12(4)19(24)26-16-8-7-15(23)18(17(16)11(2)3)27-20(25)13(5)14(9-21)10-22/h6-8,11,16-18,21-22H,9-10H2,1-5H3. The molecule has 0 saturated carbocycles. The molecule has 1 aliphatic carbocycles. The zero-order valence-electron chi connectivity index (χ0n) is 16.4. The van der Waals surface area contributed by atoms with Crippen LogP contribution in [0, 0.1) is 11.8 Å². The monoisotopic (exact) mass is 380 g/mol. The molecule has 0 aromatic heterocycles. The molecule has 3 atom stereocenters. The van der Waals surface area contributed by atoms with E-state index >= 15 is 0 Å². The van der Waals surface area contributed by atoms with Crippen molar-refractivity contribution in [2.24, 2.45) is 11.8 Å². The zero-order chi connectivity index (χ0) is 20.7. The second-order valence-electron chi connectivity index (χ2n) is 6.80. The van der Waals surface area contributed by atoms with Crippen LogP contribution in [0.15, 0.2) is 34.9 Å². The number of ether oxygens (including phenoxy) is 2. The maximum atomic E-state index is 12.4. The average Bonchev–Trinajstić information content (AvgIpc) is 2.63. The van der Waals surface area contributed by atoms with E-state index < -0.39 is 49.1 Å². The van der Waals surface area contributed by atoms with Gasteiger partial charge in [-0.05, 0) is 44.4 Å². The number of rotatable bonds is 7. The molecule has 0 amide bonds. The third-order valence-corrected chi connectivity index (χ3v) is 4.68. The van der Waals surface area contributed by atoms with Crippen molar-refractivity contribution in [3.63, 3.8) is 0 Å². The highest BCUT2D eigenvalue weighted by Gasteiger charge is 2.42. The lowest BCUT2D eigenvalue weighted by Crippen LogP contribution is -2.46. The molecule has 0 radical (unpaired) electrons. The number of ketones is 1. The SMILES string of the molecule is CC=C(C)C(=O)OC1C=CC(=O)C(OC(=O)C(C)=C(CO)CO)C1C(C)C. The van der Waals surface area contributed by atoms with E-state index in [0.717, 1.165) is 0 Å². The van der Waals surface area contributed by atoms with Gasteiger partial charge in [-0.25, -0.2) is 9.59 Å². The Morgan fingerprint density at radius 2 is 1.74 bits per heavy atom.